The monoisotopic (exact) mass is 283 g/mol. The Morgan fingerprint density at radius 1 is 1.55 bits per heavy atom. The van der Waals surface area contributed by atoms with Crippen molar-refractivity contribution in [3.63, 3.8) is 0 Å². The van der Waals surface area contributed by atoms with Crippen LogP contribution >= 0.6 is 0 Å². The Kier molecular flexibility index (Phi) is 5.52. The maximum atomic E-state index is 13.2. The van der Waals surface area contributed by atoms with E-state index in [2.05, 4.69) is 16.6 Å². The van der Waals surface area contributed by atoms with Crippen LogP contribution in [0.3, 0.4) is 0 Å². The zero-order chi connectivity index (χ0) is 15.1. The Morgan fingerprint density at radius 3 is 2.80 bits per heavy atom. The van der Waals surface area contributed by atoms with Crippen molar-refractivity contribution in [3.05, 3.63) is 42.2 Å². The third-order valence-electron chi connectivity index (χ3n) is 2.34. The third-order valence-corrected chi connectivity index (χ3v) is 2.34. The van der Waals surface area contributed by atoms with E-state index in [9.17, 15) is 14.0 Å². The van der Waals surface area contributed by atoms with E-state index in [1.165, 1.54) is 19.3 Å². The quantitative estimate of drug-likeness (QED) is 0.778. The fourth-order valence-electron chi connectivity index (χ4n) is 1.50. The first kappa shape index (κ1) is 15.5. The number of rotatable bonds is 6. The number of aliphatic carboxylic acids is 1. The minimum absolute atomic E-state index is 0.0180. The lowest BCUT2D eigenvalue weighted by Gasteiger charge is -2.17. The van der Waals surface area contributed by atoms with Gasteiger partial charge < -0.3 is 19.9 Å². The molecule has 0 heterocycles. The first-order valence-electron chi connectivity index (χ1n) is 5.60. The molecule has 6 nitrogen and oxygen atoms in total. The summed E-state index contributed by atoms with van der Waals surface area (Å²) < 4.78 is 22.8. The third kappa shape index (κ3) is 3.98. The zero-order valence-corrected chi connectivity index (χ0v) is 10.8. The van der Waals surface area contributed by atoms with E-state index in [1.54, 1.807) is 0 Å². The number of alkyl carbamates (subject to hydrolysis) is 1. The molecule has 108 valence electrons. The number of hydrogen-bond acceptors (Lipinski definition) is 4. The molecule has 1 rings (SSSR count). The highest BCUT2D eigenvalue weighted by Gasteiger charge is 2.26. The van der Waals surface area contributed by atoms with Crippen LogP contribution in [0.4, 0.5) is 9.18 Å². The first-order chi connectivity index (χ1) is 9.49. The average Bonchev–Trinajstić information content (AvgIpc) is 2.42. The van der Waals surface area contributed by atoms with Crippen LogP contribution in [0.15, 0.2) is 30.9 Å². The summed E-state index contributed by atoms with van der Waals surface area (Å²) >= 11 is 0. The molecule has 0 saturated heterocycles. The molecule has 0 fully saturated rings. The number of amides is 1. The smallest absolute Gasteiger partial charge is 0.408 e. The Hall–Kier alpha value is -2.57. The molecule has 0 radical (unpaired) electrons. The second-order valence-electron chi connectivity index (χ2n) is 3.69. The molecule has 1 amide bonds. The van der Waals surface area contributed by atoms with E-state index in [-0.39, 0.29) is 17.9 Å². The number of methoxy groups -OCH3 is 1. The molecule has 0 spiro atoms. The number of halogens is 1. The molecule has 0 bridgehead atoms. The summed E-state index contributed by atoms with van der Waals surface area (Å²) in [4.78, 5) is 22.6. The number of benzene rings is 1. The van der Waals surface area contributed by atoms with Gasteiger partial charge in [0, 0.05) is 5.56 Å². The van der Waals surface area contributed by atoms with Gasteiger partial charge in [0.25, 0.3) is 0 Å². The Bertz CT molecular complexity index is 517. The van der Waals surface area contributed by atoms with Gasteiger partial charge in [-0.05, 0) is 18.2 Å². The maximum absolute atomic E-state index is 13.2. The molecule has 1 aromatic rings. The number of carboxylic acid groups (broad SMARTS) is 1. The van der Waals surface area contributed by atoms with Crippen molar-refractivity contribution >= 4 is 12.1 Å². The van der Waals surface area contributed by atoms with Crippen molar-refractivity contribution < 1.29 is 28.6 Å². The van der Waals surface area contributed by atoms with Gasteiger partial charge in [0.1, 0.15) is 18.2 Å². The van der Waals surface area contributed by atoms with E-state index in [4.69, 9.17) is 9.84 Å². The predicted molar refractivity (Wildman–Crippen MR) is 68.0 cm³/mol. The van der Waals surface area contributed by atoms with Gasteiger partial charge in [-0.25, -0.2) is 14.0 Å². The Labute approximate surface area is 114 Å². The van der Waals surface area contributed by atoms with Gasteiger partial charge in [-0.2, -0.15) is 0 Å². The van der Waals surface area contributed by atoms with Crippen molar-refractivity contribution in [3.8, 4) is 5.75 Å². The molecule has 0 aliphatic carbocycles. The second kappa shape index (κ2) is 7.13. The van der Waals surface area contributed by atoms with Crippen LogP contribution in [0.5, 0.6) is 5.75 Å². The molecular formula is C13H14FNO5. The summed E-state index contributed by atoms with van der Waals surface area (Å²) in [5.74, 6) is -1.87. The number of ether oxygens (including phenoxy) is 2. The molecular weight excluding hydrogens is 269 g/mol. The van der Waals surface area contributed by atoms with Crippen molar-refractivity contribution in [2.75, 3.05) is 13.7 Å². The van der Waals surface area contributed by atoms with Crippen LogP contribution in [-0.2, 0) is 9.53 Å². The van der Waals surface area contributed by atoms with Gasteiger partial charge in [0.2, 0.25) is 0 Å². The van der Waals surface area contributed by atoms with E-state index in [0.29, 0.717) is 0 Å². The molecule has 20 heavy (non-hydrogen) atoms. The highest BCUT2D eigenvalue weighted by Crippen LogP contribution is 2.26. The minimum atomic E-state index is -1.49. The van der Waals surface area contributed by atoms with Crippen LogP contribution in [0.1, 0.15) is 11.6 Å². The molecule has 1 aromatic carbocycles. The number of carbonyl (C=O) groups excluding carboxylic acids is 1. The molecule has 0 aliphatic rings. The topological polar surface area (TPSA) is 84.9 Å². The summed E-state index contributed by atoms with van der Waals surface area (Å²) in [6.07, 6.45) is 0.376. The molecule has 7 heteroatoms. The van der Waals surface area contributed by atoms with E-state index < -0.39 is 23.9 Å². The second-order valence-corrected chi connectivity index (χ2v) is 3.69. The van der Waals surface area contributed by atoms with Crippen LogP contribution < -0.4 is 10.1 Å². The fraction of sp³-hybridized carbons (Fsp3) is 0.231. The molecule has 2 N–H and O–H groups in total. The zero-order valence-electron chi connectivity index (χ0n) is 10.8. The highest BCUT2D eigenvalue weighted by atomic mass is 19.1. The number of carbonyl (C=O) groups is 2. The molecule has 1 atom stereocenters. The number of nitrogens with one attached hydrogen (secondary N) is 1. The summed E-state index contributed by atoms with van der Waals surface area (Å²) in [6, 6.07) is 1.89. The maximum Gasteiger partial charge on any atom is 0.408 e. The Morgan fingerprint density at radius 2 is 2.25 bits per heavy atom. The number of hydrogen-bond donors (Lipinski definition) is 2. The van der Waals surface area contributed by atoms with E-state index >= 15 is 0 Å². The van der Waals surface area contributed by atoms with Gasteiger partial charge in [-0.3, -0.25) is 0 Å². The van der Waals surface area contributed by atoms with Gasteiger partial charge in [0.15, 0.2) is 6.04 Å². The van der Waals surface area contributed by atoms with Gasteiger partial charge in [-0.1, -0.05) is 12.7 Å². The van der Waals surface area contributed by atoms with Gasteiger partial charge >= 0.3 is 12.1 Å². The fourth-order valence-corrected chi connectivity index (χ4v) is 1.50. The van der Waals surface area contributed by atoms with Crippen LogP contribution in [0.2, 0.25) is 0 Å². The normalized spacial score (nSPS) is 11.3. The van der Waals surface area contributed by atoms with Gasteiger partial charge in [0.05, 0.1) is 7.11 Å². The first-order valence-corrected chi connectivity index (χ1v) is 5.60. The molecule has 0 aliphatic heterocycles. The standard InChI is InChI=1S/C13H14FNO5/c1-3-6-20-13(18)15-11(12(16)17)9-7-8(14)4-5-10(9)19-2/h3-5,7,11H,1,6H2,2H3,(H,15,18)(H,16,17). The summed E-state index contributed by atoms with van der Waals surface area (Å²) in [6.45, 7) is 3.28. The van der Waals surface area contributed by atoms with Crippen molar-refractivity contribution in [2.45, 2.75) is 6.04 Å². The van der Waals surface area contributed by atoms with Crippen LogP contribution in [-0.4, -0.2) is 30.9 Å². The van der Waals surface area contributed by atoms with Crippen LogP contribution in [0, 0.1) is 5.82 Å². The summed E-state index contributed by atoms with van der Waals surface area (Å²) in [5, 5.41) is 11.3. The van der Waals surface area contributed by atoms with Crippen molar-refractivity contribution in [1.82, 2.24) is 5.32 Å². The molecule has 1 unspecified atom stereocenters. The van der Waals surface area contributed by atoms with Crippen LogP contribution in [0.25, 0.3) is 0 Å². The van der Waals surface area contributed by atoms with Gasteiger partial charge in [-0.15, -0.1) is 0 Å². The lowest BCUT2D eigenvalue weighted by Crippen LogP contribution is -2.34. The summed E-state index contributed by atoms with van der Waals surface area (Å²) in [5.41, 5.74) is -0.0180. The van der Waals surface area contributed by atoms with Crippen molar-refractivity contribution in [2.24, 2.45) is 0 Å². The van der Waals surface area contributed by atoms with E-state index in [0.717, 1.165) is 12.1 Å². The average molecular weight is 283 g/mol. The molecule has 0 saturated carbocycles. The highest BCUT2D eigenvalue weighted by molar-refractivity contribution is 5.82. The SMILES string of the molecule is C=CCOC(=O)NC(C(=O)O)c1cc(F)ccc1OC. The number of carboxylic acids is 1. The molecule has 0 aromatic heterocycles. The lowest BCUT2D eigenvalue weighted by atomic mass is 10.1. The largest absolute Gasteiger partial charge is 0.496 e. The van der Waals surface area contributed by atoms with E-state index in [1.807, 2.05) is 0 Å². The Balaban J connectivity index is 3.02. The predicted octanol–water partition coefficient (Wildman–Crippen LogP) is 1.87. The summed E-state index contributed by atoms with van der Waals surface area (Å²) in [7, 11) is 1.31. The van der Waals surface area contributed by atoms with Crippen molar-refractivity contribution in [1.29, 1.82) is 0 Å². The minimum Gasteiger partial charge on any atom is -0.496 e. The lowest BCUT2D eigenvalue weighted by molar-refractivity contribution is -0.139.